The lowest BCUT2D eigenvalue weighted by molar-refractivity contribution is -0.133. The molecule has 0 aliphatic carbocycles. The monoisotopic (exact) mass is 458 g/mol. The molecule has 0 saturated carbocycles. The van der Waals surface area contributed by atoms with Gasteiger partial charge in [-0.1, -0.05) is 42.5 Å². The van der Waals surface area contributed by atoms with Crippen LogP contribution in [0, 0.1) is 5.92 Å². The first kappa shape index (κ1) is 23.4. The van der Waals surface area contributed by atoms with Crippen LogP contribution < -0.4 is 14.8 Å². The Kier molecular flexibility index (Phi) is 7.48. The number of hydrogen-bond donors (Lipinski definition) is 1. The molecule has 0 aromatic heterocycles. The predicted octanol–water partition coefficient (Wildman–Crippen LogP) is 4.52. The summed E-state index contributed by atoms with van der Waals surface area (Å²) in [5.74, 6) is 0.868. The van der Waals surface area contributed by atoms with Crippen LogP contribution in [0.15, 0.2) is 78.9 Å². The summed E-state index contributed by atoms with van der Waals surface area (Å²) in [5, 5.41) is 2.92. The van der Waals surface area contributed by atoms with E-state index in [0.717, 1.165) is 23.5 Å². The molecule has 2 amide bonds. The molecule has 0 spiro atoms. The van der Waals surface area contributed by atoms with E-state index in [9.17, 15) is 9.59 Å². The minimum Gasteiger partial charge on any atom is -0.497 e. The van der Waals surface area contributed by atoms with Gasteiger partial charge in [0.15, 0.2) is 0 Å². The Bertz CT molecular complexity index is 1100. The average molecular weight is 459 g/mol. The van der Waals surface area contributed by atoms with E-state index in [1.807, 2.05) is 47.4 Å². The first-order valence-corrected chi connectivity index (χ1v) is 11.5. The lowest BCUT2D eigenvalue weighted by Gasteiger charge is -2.17. The van der Waals surface area contributed by atoms with Crippen molar-refractivity contribution in [1.29, 1.82) is 0 Å². The van der Waals surface area contributed by atoms with E-state index < -0.39 is 5.92 Å². The zero-order valence-electron chi connectivity index (χ0n) is 19.6. The number of benzene rings is 3. The quantitative estimate of drug-likeness (QED) is 0.512. The second-order valence-corrected chi connectivity index (χ2v) is 8.49. The molecule has 3 aromatic rings. The van der Waals surface area contributed by atoms with Gasteiger partial charge in [-0.2, -0.15) is 0 Å². The molecule has 6 heteroatoms. The molecule has 2 atom stereocenters. The van der Waals surface area contributed by atoms with Crippen LogP contribution in [-0.2, 0) is 16.0 Å². The molecule has 176 valence electrons. The van der Waals surface area contributed by atoms with Crippen molar-refractivity contribution in [2.24, 2.45) is 5.92 Å². The molecule has 0 unspecified atom stereocenters. The fraction of sp³-hybridized carbons (Fsp3) is 0.286. The van der Waals surface area contributed by atoms with E-state index in [2.05, 4.69) is 17.4 Å². The molecular formula is C28H30N2O4. The summed E-state index contributed by atoms with van der Waals surface area (Å²) in [4.78, 5) is 28.2. The highest BCUT2D eigenvalue weighted by Crippen LogP contribution is 2.37. The lowest BCUT2D eigenvalue weighted by Crippen LogP contribution is -2.30. The predicted molar refractivity (Wildman–Crippen MR) is 132 cm³/mol. The zero-order valence-corrected chi connectivity index (χ0v) is 19.6. The Morgan fingerprint density at radius 1 is 0.912 bits per heavy atom. The third-order valence-electron chi connectivity index (χ3n) is 6.37. The lowest BCUT2D eigenvalue weighted by atomic mass is 9.86. The fourth-order valence-corrected chi connectivity index (χ4v) is 4.48. The van der Waals surface area contributed by atoms with Crippen LogP contribution in [-0.4, -0.2) is 44.0 Å². The maximum absolute atomic E-state index is 13.4. The molecule has 1 heterocycles. The Labute approximate surface area is 200 Å². The van der Waals surface area contributed by atoms with Gasteiger partial charge in [0.2, 0.25) is 11.8 Å². The van der Waals surface area contributed by atoms with Crippen LogP contribution in [0.5, 0.6) is 11.5 Å². The molecule has 1 saturated heterocycles. The third-order valence-corrected chi connectivity index (χ3v) is 6.37. The fourth-order valence-electron chi connectivity index (χ4n) is 4.48. The number of carbonyl (C=O) groups excluding carboxylic acids is 2. The number of amides is 2. The summed E-state index contributed by atoms with van der Waals surface area (Å²) >= 11 is 0. The topological polar surface area (TPSA) is 67.9 Å². The maximum Gasteiger partial charge on any atom is 0.226 e. The van der Waals surface area contributed by atoms with E-state index in [4.69, 9.17) is 9.47 Å². The summed E-state index contributed by atoms with van der Waals surface area (Å²) in [6.07, 6.45) is 0.913. The Morgan fingerprint density at radius 2 is 1.53 bits per heavy atom. The molecule has 0 bridgehead atoms. The minimum absolute atomic E-state index is 0.0293. The van der Waals surface area contributed by atoms with Gasteiger partial charge in [0.25, 0.3) is 0 Å². The first-order valence-electron chi connectivity index (χ1n) is 11.5. The molecule has 1 fully saturated rings. The number of ether oxygens (including phenoxy) is 2. The Morgan fingerprint density at radius 3 is 2.15 bits per heavy atom. The highest BCUT2D eigenvalue weighted by Gasteiger charge is 2.41. The van der Waals surface area contributed by atoms with Crippen LogP contribution >= 0.6 is 0 Å². The van der Waals surface area contributed by atoms with Gasteiger partial charge in [0.05, 0.1) is 20.1 Å². The van der Waals surface area contributed by atoms with E-state index >= 15 is 0 Å². The molecule has 34 heavy (non-hydrogen) atoms. The highest BCUT2D eigenvalue weighted by atomic mass is 16.5. The summed E-state index contributed by atoms with van der Waals surface area (Å²) in [6, 6.07) is 25.1. The smallest absolute Gasteiger partial charge is 0.226 e. The van der Waals surface area contributed by atoms with Gasteiger partial charge >= 0.3 is 0 Å². The molecule has 3 aromatic carbocycles. The number of nitrogens with one attached hydrogen (secondary N) is 1. The van der Waals surface area contributed by atoms with E-state index in [1.54, 1.807) is 38.5 Å². The third kappa shape index (κ3) is 5.57. The number of methoxy groups -OCH3 is 2. The van der Waals surface area contributed by atoms with Crippen LogP contribution in [0.2, 0.25) is 0 Å². The van der Waals surface area contributed by atoms with E-state index in [1.165, 1.54) is 5.56 Å². The van der Waals surface area contributed by atoms with Crippen molar-refractivity contribution in [3.05, 3.63) is 90.0 Å². The van der Waals surface area contributed by atoms with Crippen molar-refractivity contribution in [2.45, 2.75) is 18.8 Å². The van der Waals surface area contributed by atoms with Crippen LogP contribution in [0.25, 0.3) is 0 Å². The van der Waals surface area contributed by atoms with Crippen molar-refractivity contribution in [2.75, 3.05) is 32.6 Å². The van der Waals surface area contributed by atoms with Gasteiger partial charge in [-0.05, 0) is 53.9 Å². The van der Waals surface area contributed by atoms with Gasteiger partial charge in [0.1, 0.15) is 11.5 Å². The summed E-state index contributed by atoms with van der Waals surface area (Å²) < 4.78 is 10.5. The number of hydrogen-bond acceptors (Lipinski definition) is 4. The van der Waals surface area contributed by atoms with Crippen LogP contribution in [0.1, 0.15) is 23.5 Å². The molecule has 1 N–H and O–H groups in total. The number of rotatable bonds is 9. The molecular weight excluding hydrogens is 428 g/mol. The normalized spacial score (nSPS) is 17.5. The summed E-state index contributed by atoms with van der Waals surface area (Å²) in [5.41, 5.74) is 2.91. The van der Waals surface area contributed by atoms with Crippen molar-refractivity contribution < 1.29 is 19.1 Å². The highest BCUT2D eigenvalue weighted by molar-refractivity contribution is 5.95. The molecule has 6 nitrogen and oxygen atoms in total. The van der Waals surface area contributed by atoms with Crippen molar-refractivity contribution in [1.82, 2.24) is 4.90 Å². The summed E-state index contributed by atoms with van der Waals surface area (Å²) in [6.45, 7) is 1.23. The minimum atomic E-state index is -0.414. The summed E-state index contributed by atoms with van der Waals surface area (Å²) in [7, 11) is 3.23. The van der Waals surface area contributed by atoms with Gasteiger partial charge in [-0.3, -0.25) is 9.59 Å². The largest absolute Gasteiger partial charge is 0.497 e. The van der Waals surface area contributed by atoms with Gasteiger partial charge in [0, 0.05) is 31.1 Å². The standard InChI is InChI=1S/C28H30N2O4/c1-33-23-12-8-21(9-13-23)26-19-30(17-16-20-6-4-3-5-7-20)28(32)25(26)18-27(31)29-22-10-14-24(34-2)15-11-22/h3-15,25-26H,16-19H2,1-2H3,(H,29,31)/t25-,26-/m1/s1. The van der Waals surface area contributed by atoms with Crippen LogP contribution in [0.4, 0.5) is 5.69 Å². The second-order valence-electron chi connectivity index (χ2n) is 8.49. The average Bonchev–Trinajstić information content (AvgIpc) is 3.18. The number of likely N-dealkylation sites (tertiary alicyclic amines) is 1. The number of nitrogens with zero attached hydrogens (tertiary/aromatic N) is 1. The SMILES string of the molecule is COc1ccc(NC(=O)C[C@H]2C(=O)N(CCc3ccccc3)C[C@@H]2c2ccc(OC)cc2)cc1. The second kappa shape index (κ2) is 10.9. The van der Waals surface area contributed by atoms with Gasteiger partial charge < -0.3 is 19.7 Å². The number of anilines is 1. The van der Waals surface area contributed by atoms with E-state index in [-0.39, 0.29) is 24.2 Å². The van der Waals surface area contributed by atoms with Gasteiger partial charge in [-0.15, -0.1) is 0 Å². The first-order chi connectivity index (χ1) is 16.6. The van der Waals surface area contributed by atoms with Gasteiger partial charge in [-0.25, -0.2) is 0 Å². The van der Waals surface area contributed by atoms with E-state index in [0.29, 0.717) is 18.8 Å². The zero-order chi connectivity index (χ0) is 23.9. The van der Waals surface area contributed by atoms with Crippen molar-refractivity contribution >= 4 is 17.5 Å². The number of carbonyl (C=O) groups is 2. The molecule has 4 rings (SSSR count). The maximum atomic E-state index is 13.4. The van der Waals surface area contributed by atoms with Crippen LogP contribution in [0.3, 0.4) is 0 Å². The Balaban J connectivity index is 1.49. The van der Waals surface area contributed by atoms with Crippen molar-refractivity contribution in [3.63, 3.8) is 0 Å². The molecule has 1 aliphatic rings. The Hall–Kier alpha value is -3.80. The molecule has 0 radical (unpaired) electrons. The van der Waals surface area contributed by atoms with Crippen molar-refractivity contribution in [3.8, 4) is 11.5 Å². The molecule has 1 aliphatic heterocycles.